The number of carbonyl (C=O) groups excluding carboxylic acids is 3. The highest BCUT2D eigenvalue weighted by Gasteiger charge is 2.78. The number of nitrogens with zero attached hydrogens (tertiary/aromatic N) is 1. The van der Waals surface area contributed by atoms with Crippen molar-refractivity contribution in [2.75, 3.05) is 0 Å². The molecule has 5 rings (SSSR count). The second-order valence-electron chi connectivity index (χ2n) is 11.2. The molecule has 3 saturated carbocycles. The second kappa shape index (κ2) is 7.84. The van der Waals surface area contributed by atoms with Gasteiger partial charge in [-0.15, -0.1) is 12.6 Å². The van der Waals surface area contributed by atoms with Crippen molar-refractivity contribution in [3.8, 4) is 0 Å². The number of aryl methyl sites for hydroxylation is 1. The summed E-state index contributed by atoms with van der Waals surface area (Å²) in [5, 5.41) is 14.3. The minimum atomic E-state index is -2.30. The number of aliphatic hydroxyl groups excluding tert-OH is 1. The van der Waals surface area contributed by atoms with Crippen molar-refractivity contribution in [1.82, 2.24) is 5.16 Å². The van der Waals surface area contributed by atoms with Crippen molar-refractivity contribution in [2.24, 2.45) is 28.6 Å². The number of ketones is 1. The Labute approximate surface area is 212 Å². The molecule has 1 heterocycles. The molecule has 10 heteroatoms. The van der Waals surface area contributed by atoms with Crippen LogP contribution in [0.15, 0.2) is 34.5 Å². The van der Waals surface area contributed by atoms with Crippen LogP contribution < -0.4 is 0 Å². The molecule has 36 heavy (non-hydrogen) atoms. The molecule has 0 aliphatic heterocycles. The number of allylic oxidation sites excluding steroid dienone is 4. The molecular formula is C26H29F2NO6S. The number of aliphatic hydroxyl groups is 1. The highest BCUT2D eigenvalue weighted by molar-refractivity contribution is 7.96. The topological polar surface area (TPSA) is 107 Å². The van der Waals surface area contributed by atoms with Crippen molar-refractivity contribution < 1.29 is 37.5 Å². The molecule has 1 aromatic heterocycles. The number of aromatic nitrogens is 1. The molecule has 0 amide bonds. The first-order valence-corrected chi connectivity index (χ1v) is 12.5. The van der Waals surface area contributed by atoms with Crippen molar-refractivity contribution >= 4 is 29.5 Å². The van der Waals surface area contributed by atoms with Crippen molar-refractivity contribution in [1.29, 1.82) is 0 Å². The third-order valence-corrected chi connectivity index (χ3v) is 10.0. The molecule has 9 atom stereocenters. The molecule has 4 aliphatic carbocycles. The van der Waals surface area contributed by atoms with Gasteiger partial charge in [-0.3, -0.25) is 9.59 Å². The number of halogens is 2. The van der Waals surface area contributed by atoms with Crippen LogP contribution in [0.1, 0.15) is 56.2 Å². The van der Waals surface area contributed by atoms with E-state index in [9.17, 15) is 19.5 Å². The number of alkyl halides is 2. The van der Waals surface area contributed by atoms with Gasteiger partial charge in [0.2, 0.25) is 5.12 Å². The SMILES string of the molecule is Cc1oncc1C(=O)O[C@]1(C(=O)S)[C@H](C)C[C@H]2[C@@H]3C[C@H](F)C4=CC(=O)C=C[C@]4(C)[C@@]3(F)[C@@H](O)C[C@@]21C. The standard InChI is InChI=1S/C26H29F2NO6S/c1-12-7-16-17-9-19(27)18-8-14(30)5-6-23(18,3)25(17,28)20(31)10-24(16,4)26(12,22(33)36)34-21(32)15-11-29-35-13(15)2/h5-6,8,11-12,16-17,19-20,31H,7,9-10H2,1-4H3,(H,33,36)/t12-,16+,17+,19+,20+,23+,24+,25+,26+/m1/s1. The summed E-state index contributed by atoms with van der Waals surface area (Å²) in [6.45, 7) is 6.45. The summed E-state index contributed by atoms with van der Waals surface area (Å²) < 4.78 is 43.8. The summed E-state index contributed by atoms with van der Waals surface area (Å²) in [5.41, 5.74) is -6.82. The Kier molecular flexibility index (Phi) is 5.51. The van der Waals surface area contributed by atoms with Crippen molar-refractivity contribution in [2.45, 2.75) is 70.5 Å². The largest absolute Gasteiger partial charge is 0.445 e. The van der Waals surface area contributed by atoms with Crippen LogP contribution in [0.5, 0.6) is 0 Å². The monoisotopic (exact) mass is 521 g/mol. The molecule has 0 spiro atoms. The summed E-state index contributed by atoms with van der Waals surface area (Å²) in [5.74, 6) is -3.27. The molecule has 0 aromatic carbocycles. The van der Waals surface area contributed by atoms with Crippen LogP contribution in [0.4, 0.5) is 8.78 Å². The number of hydrogen-bond donors (Lipinski definition) is 2. The van der Waals surface area contributed by atoms with E-state index in [-0.39, 0.29) is 36.2 Å². The van der Waals surface area contributed by atoms with Crippen LogP contribution in [-0.4, -0.2) is 50.7 Å². The lowest BCUT2D eigenvalue weighted by atomic mass is 9.44. The number of ether oxygens (including phenoxy) is 1. The van der Waals surface area contributed by atoms with Crippen LogP contribution >= 0.6 is 12.6 Å². The van der Waals surface area contributed by atoms with Gasteiger partial charge in [0.05, 0.1) is 12.3 Å². The maximum absolute atomic E-state index is 17.3. The number of esters is 1. The molecule has 7 nitrogen and oxygen atoms in total. The fourth-order valence-electron chi connectivity index (χ4n) is 7.94. The Bertz CT molecular complexity index is 1230. The first-order valence-electron chi connectivity index (χ1n) is 12.1. The summed E-state index contributed by atoms with van der Waals surface area (Å²) in [4.78, 5) is 38.3. The van der Waals surface area contributed by atoms with Crippen LogP contribution in [-0.2, 0) is 14.3 Å². The molecule has 0 bridgehead atoms. The summed E-state index contributed by atoms with van der Waals surface area (Å²) >= 11 is 4.13. The van der Waals surface area contributed by atoms with Gasteiger partial charge in [-0.05, 0) is 56.8 Å². The number of fused-ring (bicyclic) bond motifs is 5. The maximum Gasteiger partial charge on any atom is 0.344 e. The molecule has 0 radical (unpaired) electrons. The van der Waals surface area contributed by atoms with E-state index >= 15 is 8.78 Å². The van der Waals surface area contributed by atoms with E-state index in [1.54, 1.807) is 13.8 Å². The Hall–Kier alpha value is -2.33. The third kappa shape index (κ3) is 2.88. The predicted molar refractivity (Wildman–Crippen MR) is 127 cm³/mol. The molecule has 0 saturated heterocycles. The zero-order chi connectivity index (χ0) is 26.4. The second-order valence-corrected chi connectivity index (χ2v) is 11.6. The Morgan fingerprint density at radius 2 is 1.97 bits per heavy atom. The predicted octanol–water partition coefficient (Wildman–Crippen LogP) is 3.90. The minimum absolute atomic E-state index is 0.0216. The molecule has 3 fully saturated rings. The van der Waals surface area contributed by atoms with Gasteiger partial charge in [-0.1, -0.05) is 25.1 Å². The number of rotatable bonds is 3. The van der Waals surface area contributed by atoms with Gasteiger partial charge in [0, 0.05) is 22.7 Å². The Morgan fingerprint density at radius 3 is 2.58 bits per heavy atom. The lowest BCUT2D eigenvalue weighted by molar-refractivity contribution is -0.221. The van der Waals surface area contributed by atoms with Gasteiger partial charge < -0.3 is 14.4 Å². The molecule has 0 unspecified atom stereocenters. The van der Waals surface area contributed by atoms with Gasteiger partial charge in [-0.2, -0.15) is 0 Å². The molecule has 1 N–H and O–H groups in total. The number of thiol groups is 1. The fourth-order valence-corrected chi connectivity index (χ4v) is 8.46. The normalized spacial score (nSPS) is 45.4. The first-order chi connectivity index (χ1) is 16.7. The van der Waals surface area contributed by atoms with Crippen LogP contribution in [0.25, 0.3) is 0 Å². The average Bonchev–Trinajstić information content (AvgIpc) is 3.32. The lowest BCUT2D eigenvalue weighted by Gasteiger charge is -2.63. The average molecular weight is 522 g/mol. The van der Waals surface area contributed by atoms with Gasteiger partial charge >= 0.3 is 5.97 Å². The number of carbonyl (C=O) groups is 3. The molecule has 194 valence electrons. The van der Waals surface area contributed by atoms with Gasteiger partial charge in [0.1, 0.15) is 17.5 Å². The lowest BCUT2D eigenvalue weighted by Crippen LogP contribution is -2.70. The van der Waals surface area contributed by atoms with E-state index < -0.39 is 69.0 Å². The van der Waals surface area contributed by atoms with Gasteiger partial charge in [0.25, 0.3) is 0 Å². The Morgan fingerprint density at radius 1 is 1.28 bits per heavy atom. The molecular weight excluding hydrogens is 492 g/mol. The maximum atomic E-state index is 17.3. The van der Waals surface area contributed by atoms with Crippen LogP contribution in [0, 0.1) is 35.5 Å². The Balaban J connectivity index is 1.62. The minimum Gasteiger partial charge on any atom is -0.445 e. The summed E-state index contributed by atoms with van der Waals surface area (Å²) in [7, 11) is 0. The first kappa shape index (κ1) is 25.3. The fraction of sp³-hybridized carbons (Fsp3) is 0.615. The van der Waals surface area contributed by atoms with E-state index in [1.807, 2.05) is 0 Å². The van der Waals surface area contributed by atoms with Gasteiger partial charge in [-0.25, -0.2) is 13.6 Å². The highest BCUT2D eigenvalue weighted by atomic mass is 32.1. The summed E-state index contributed by atoms with van der Waals surface area (Å²) in [6.07, 6.45) is 1.43. The molecule has 1 aromatic rings. The van der Waals surface area contributed by atoms with E-state index in [0.717, 1.165) is 6.08 Å². The third-order valence-electron chi connectivity index (χ3n) is 9.71. The highest BCUT2D eigenvalue weighted by Crippen LogP contribution is 2.71. The van der Waals surface area contributed by atoms with E-state index in [0.29, 0.717) is 0 Å². The zero-order valence-electron chi connectivity index (χ0n) is 20.5. The quantitative estimate of drug-likeness (QED) is 0.459. The zero-order valence-corrected chi connectivity index (χ0v) is 21.4. The van der Waals surface area contributed by atoms with Crippen LogP contribution in [0.2, 0.25) is 0 Å². The van der Waals surface area contributed by atoms with Gasteiger partial charge in [0.15, 0.2) is 17.1 Å². The van der Waals surface area contributed by atoms with E-state index in [2.05, 4.69) is 17.8 Å². The van der Waals surface area contributed by atoms with Crippen molar-refractivity contribution in [3.05, 3.63) is 41.3 Å². The summed E-state index contributed by atoms with van der Waals surface area (Å²) in [6, 6.07) is 0. The van der Waals surface area contributed by atoms with E-state index in [1.165, 1.54) is 32.2 Å². The smallest absolute Gasteiger partial charge is 0.344 e. The van der Waals surface area contributed by atoms with Crippen molar-refractivity contribution in [3.63, 3.8) is 0 Å². The van der Waals surface area contributed by atoms with Crippen LogP contribution in [0.3, 0.4) is 0 Å². The molecule has 4 aliphatic rings. The number of hydrogen-bond acceptors (Lipinski definition) is 7. The van der Waals surface area contributed by atoms with E-state index in [4.69, 9.17) is 9.26 Å².